The standard InChI is InChI=1S/C21H38N2O2/c1-2-5-19(4-1)22-11-7-18(8-12-22)16-23(17-21-6-3-13-25-21)20-9-14-24-15-10-20/h18-21H,1-17H2. The van der Waals surface area contributed by atoms with E-state index in [2.05, 4.69) is 9.80 Å². The Morgan fingerprint density at radius 2 is 1.52 bits per heavy atom. The summed E-state index contributed by atoms with van der Waals surface area (Å²) in [6.45, 7) is 8.02. The molecule has 4 heteroatoms. The van der Waals surface area contributed by atoms with Crippen molar-refractivity contribution in [1.82, 2.24) is 9.80 Å². The highest BCUT2D eigenvalue weighted by Gasteiger charge is 2.31. The van der Waals surface area contributed by atoms with Crippen LogP contribution < -0.4 is 0 Å². The number of rotatable bonds is 6. The molecule has 3 saturated heterocycles. The Morgan fingerprint density at radius 1 is 0.760 bits per heavy atom. The van der Waals surface area contributed by atoms with Crippen molar-refractivity contribution in [3.05, 3.63) is 0 Å². The molecule has 0 N–H and O–H groups in total. The van der Waals surface area contributed by atoms with Crippen molar-refractivity contribution in [3.63, 3.8) is 0 Å². The zero-order chi connectivity index (χ0) is 16.9. The Labute approximate surface area is 154 Å². The first-order chi connectivity index (χ1) is 12.4. The van der Waals surface area contributed by atoms with Gasteiger partial charge < -0.3 is 14.4 Å². The number of nitrogens with zero attached hydrogens (tertiary/aromatic N) is 2. The monoisotopic (exact) mass is 350 g/mol. The van der Waals surface area contributed by atoms with Gasteiger partial charge in [-0.1, -0.05) is 12.8 Å². The topological polar surface area (TPSA) is 24.9 Å². The van der Waals surface area contributed by atoms with Gasteiger partial charge in [0.05, 0.1) is 6.10 Å². The van der Waals surface area contributed by atoms with Crippen LogP contribution in [-0.4, -0.2) is 74.0 Å². The summed E-state index contributed by atoms with van der Waals surface area (Å²) < 4.78 is 11.6. The van der Waals surface area contributed by atoms with E-state index in [4.69, 9.17) is 9.47 Å². The summed E-state index contributed by atoms with van der Waals surface area (Å²) in [5.74, 6) is 0.891. The molecule has 4 nitrogen and oxygen atoms in total. The van der Waals surface area contributed by atoms with Crippen LogP contribution in [0.4, 0.5) is 0 Å². The van der Waals surface area contributed by atoms with Gasteiger partial charge >= 0.3 is 0 Å². The van der Waals surface area contributed by atoms with Gasteiger partial charge in [0.25, 0.3) is 0 Å². The molecule has 144 valence electrons. The van der Waals surface area contributed by atoms with Crippen LogP contribution >= 0.6 is 0 Å². The number of hydrogen-bond acceptors (Lipinski definition) is 4. The fraction of sp³-hybridized carbons (Fsp3) is 1.00. The zero-order valence-corrected chi connectivity index (χ0v) is 16.0. The summed E-state index contributed by atoms with van der Waals surface area (Å²) in [4.78, 5) is 5.61. The fourth-order valence-electron chi connectivity index (χ4n) is 5.57. The quantitative estimate of drug-likeness (QED) is 0.734. The average Bonchev–Trinajstić information content (AvgIpc) is 3.37. The molecule has 1 atom stereocenters. The summed E-state index contributed by atoms with van der Waals surface area (Å²) in [5.41, 5.74) is 0. The van der Waals surface area contributed by atoms with Crippen LogP contribution in [0.25, 0.3) is 0 Å². The van der Waals surface area contributed by atoms with Crippen LogP contribution in [0.5, 0.6) is 0 Å². The summed E-state index contributed by atoms with van der Waals surface area (Å²) in [5, 5.41) is 0. The Hall–Kier alpha value is -0.160. The lowest BCUT2D eigenvalue weighted by Gasteiger charge is -2.41. The van der Waals surface area contributed by atoms with E-state index in [0.29, 0.717) is 6.10 Å². The molecule has 0 aromatic rings. The van der Waals surface area contributed by atoms with E-state index in [1.54, 1.807) is 0 Å². The summed E-state index contributed by atoms with van der Waals surface area (Å²) in [6, 6.07) is 1.64. The smallest absolute Gasteiger partial charge is 0.0702 e. The fourth-order valence-corrected chi connectivity index (χ4v) is 5.57. The molecule has 1 aliphatic carbocycles. The van der Waals surface area contributed by atoms with Crippen LogP contribution in [0.1, 0.15) is 64.2 Å². The molecular weight excluding hydrogens is 312 g/mol. The summed E-state index contributed by atoms with van der Waals surface area (Å²) in [7, 11) is 0. The second-order valence-electron chi connectivity index (χ2n) is 8.85. The Kier molecular flexibility index (Phi) is 6.68. The van der Waals surface area contributed by atoms with Crippen molar-refractivity contribution < 1.29 is 9.47 Å². The molecule has 0 spiro atoms. The van der Waals surface area contributed by atoms with Gasteiger partial charge in [0.2, 0.25) is 0 Å². The highest BCUT2D eigenvalue weighted by Crippen LogP contribution is 2.29. The number of hydrogen-bond donors (Lipinski definition) is 0. The maximum absolute atomic E-state index is 5.97. The van der Waals surface area contributed by atoms with E-state index in [9.17, 15) is 0 Å². The lowest BCUT2D eigenvalue weighted by molar-refractivity contribution is -0.00408. The van der Waals surface area contributed by atoms with Crippen molar-refractivity contribution in [1.29, 1.82) is 0 Å². The van der Waals surface area contributed by atoms with Crippen LogP contribution in [0.3, 0.4) is 0 Å². The molecule has 4 aliphatic rings. The molecule has 0 bridgehead atoms. The maximum Gasteiger partial charge on any atom is 0.0702 e. The minimum atomic E-state index is 0.487. The normalized spacial score (nSPS) is 31.3. The second-order valence-corrected chi connectivity index (χ2v) is 8.85. The molecular formula is C21H38N2O2. The Bertz CT molecular complexity index is 379. The van der Waals surface area contributed by atoms with Crippen molar-refractivity contribution in [2.45, 2.75) is 82.4 Å². The minimum absolute atomic E-state index is 0.487. The van der Waals surface area contributed by atoms with Crippen LogP contribution in [0, 0.1) is 5.92 Å². The molecule has 25 heavy (non-hydrogen) atoms. The van der Waals surface area contributed by atoms with Gasteiger partial charge in [0.1, 0.15) is 0 Å². The molecule has 4 rings (SSSR count). The van der Waals surface area contributed by atoms with Crippen LogP contribution in [-0.2, 0) is 9.47 Å². The van der Waals surface area contributed by atoms with E-state index in [1.165, 1.54) is 83.8 Å². The van der Waals surface area contributed by atoms with Gasteiger partial charge in [-0.2, -0.15) is 0 Å². The molecule has 4 fully saturated rings. The minimum Gasteiger partial charge on any atom is -0.381 e. The lowest BCUT2D eigenvalue weighted by atomic mass is 9.93. The summed E-state index contributed by atoms with van der Waals surface area (Å²) >= 11 is 0. The molecule has 3 heterocycles. The molecule has 0 radical (unpaired) electrons. The van der Waals surface area contributed by atoms with Gasteiger partial charge in [-0.3, -0.25) is 4.90 Å². The number of ether oxygens (including phenoxy) is 2. The SMILES string of the molecule is C1COC(CN(CC2CCN(C3CCCC3)CC2)C2CCOCC2)C1. The highest BCUT2D eigenvalue weighted by molar-refractivity contribution is 4.85. The van der Waals surface area contributed by atoms with E-state index < -0.39 is 0 Å². The molecule has 1 unspecified atom stereocenters. The maximum atomic E-state index is 5.97. The Balaban J connectivity index is 1.28. The van der Waals surface area contributed by atoms with Gasteiger partial charge in [-0.15, -0.1) is 0 Å². The molecule has 0 aromatic carbocycles. The largest absolute Gasteiger partial charge is 0.381 e. The lowest BCUT2D eigenvalue weighted by Crippen LogP contribution is -2.48. The third-order valence-corrected chi connectivity index (χ3v) is 7.15. The van der Waals surface area contributed by atoms with E-state index >= 15 is 0 Å². The van der Waals surface area contributed by atoms with E-state index in [0.717, 1.165) is 44.4 Å². The average molecular weight is 351 g/mol. The molecule has 3 aliphatic heterocycles. The third kappa shape index (κ3) is 4.97. The molecule has 0 aromatic heterocycles. The number of piperidine rings is 1. The molecule has 1 saturated carbocycles. The third-order valence-electron chi connectivity index (χ3n) is 7.15. The number of likely N-dealkylation sites (tertiary alicyclic amines) is 1. The van der Waals surface area contributed by atoms with Gasteiger partial charge in [0, 0.05) is 45.0 Å². The predicted molar refractivity (Wildman–Crippen MR) is 101 cm³/mol. The van der Waals surface area contributed by atoms with Crippen molar-refractivity contribution in [2.75, 3.05) is 46.0 Å². The summed E-state index contributed by atoms with van der Waals surface area (Å²) in [6.07, 6.45) is 14.1. The van der Waals surface area contributed by atoms with Crippen molar-refractivity contribution in [2.24, 2.45) is 5.92 Å². The van der Waals surface area contributed by atoms with Crippen LogP contribution in [0.15, 0.2) is 0 Å². The van der Waals surface area contributed by atoms with E-state index in [-0.39, 0.29) is 0 Å². The predicted octanol–water partition coefficient (Wildman–Crippen LogP) is 3.30. The second kappa shape index (κ2) is 9.16. The zero-order valence-electron chi connectivity index (χ0n) is 16.0. The first-order valence-corrected chi connectivity index (χ1v) is 11.1. The van der Waals surface area contributed by atoms with Gasteiger partial charge in [-0.05, 0) is 70.4 Å². The van der Waals surface area contributed by atoms with E-state index in [1.807, 2.05) is 0 Å². The first kappa shape index (κ1) is 18.2. The van der Waals surface area contributed by atoms with Gasteiger partial charge in [0.15, 0.2) is 0 Å². The van der Waals surface area contributed by atoms with Crippen molar-refractivity contribution in [3.8, 4) is 0 Å². The first-order valence-electron chi connectivity index (χ1n) is 11.1. The highest BCUT2D eigenvalue weighted by atomic mass is 16.5. The Morgan fingerprint density at radius 3 is 2.20 bits per heavy atom. The van der Waals surface area contributed by atoms with Gasteiger partial charge in [-0.25, -0.2) is 0 Å². The van der Waals surface area contributed by atoms with Crippen LogP contribution in [0.2, 0.25) is 0 Å². The van der Waals surface area contributed by atoms with Crippen molar-refractivity contribution >= 4 is 0 Å². The molecule has 0 amide bonds.